The Kier molecular flexibility index (Phi) is 4.58. The first-order chi connectivity index (χ1) is 14.6. The maximum Gasteiger partial charge on any atom is 0.274 e. The maximum absolute atomic E-state index is 13.4. The number of pyridine rings is 1. The quantitative estimate of drug-likeness (QED) is 0.508. The number of likely N-dealkylation sites (tertiary alicyclic amines) is 1. The first-order valence-corrected chi connectivity index (χ1v) is 10.0. The second kappa shape index (κ2) is 7.40. The third kappa shape index (κ3) is 3.36. The number of amides is 1. The lowest BCUT2D eigenvalue weighted by Gasteiger charge is -2.21. The molecule has 152 valence electrons. The first kappa shape index (κ1) is 18.5. The van der Waals surface area contributed by atoms with E-state index >= 15 is 0 Å². The highest BCUT2D eigenvalue weighted by molar-refractivity contribution is 5.93. The van der Waals surface area contributed by atoms with Crippen LogP contribution in [0.25, 0.3) is 5.65 Å². The van der Waals surface area contributed by atoms with Crippen LogP contribution in [0.4, 0.5) is 4.39 Å². The lowest BCUT2D eigenvalue weighted by atomic mass is 10.1. The highest BCUT2D eigenvalue weighted by atomic mass is 19.1. The third-order valence-corrected chi connectivity index (χ3v) is 5.55. The Labute approximate surface area is 173 Å². The number of fused-ring (bicyclic) bond motifs is 1. The van der Waals surface area contributed by atoms with Crippen molar-refractivity contribution in [2.24, 2.45) is 0 Å². The fourth-order valence-corrected chi connectivity index (χ4v) is 4.07. The minimum Gasteiger partial charge on any atom is -0.443 e. The van der Waals surface area contributed by atoms with E-state index in [-0.39, 0.29) is 17.8 Å². The van der Waals surface area contributed by atoms with Crippen LogP contribution < -0.4 is 0 Å². The molecule has 1 aromatic carbocycles. The minimum atomic E-state index is -0.275. The van der Waals surface area contributed by atoms with Gasteiger partial charge in [0.2, 0.25) is 5.89 Å². The predicted molar refractivity (Wildman–Crippen MR) is 109 cm³/mol. The number of imidazole rings is 1. The van der Waals surface area contributed by atoms with Crippen molar-refractivity contribution in [3.63, 3.8) is 0 Å². The molecule has 0 bridgehead atoms. The van der Waals surface area contributed by atoms with Gasteiger partial charge >= 0.3 is 0 Å². The topological polar surface area (TPSA) is 63.6 Å². The molecule has 0 N–H and O–H groups in total. The number of rotatable bonds is 4. The van der Waals surface area contributed by atoms with Gasteiger partial charge in [0.05, 0.1) is 6.20 Å². The van der Waals surface area contributed by atoms with E-state index in [1.165, 1.54) is 12.1 Å². The van der Waals surface area contributed by atoms with Crippen LogP contribution in [0, 0.1) is 12.7 Å². The van der Waals surface area contributed by atoms with Gasteiger partial charge in [-0.25, -0.2) is 14.4 Å². The molecule has 5 rings (SSSR count). The summed E-state index contributed by atoms with van der Waals surface area (Å²) in [4.78, 5) is 23.9. The number of hydrogen-bond acceptors (Lipinski definition) is 4. The van der Waals surface area contributed by atoms with Crippen molar-refractivity contribution in [3.05, 3.63) is 89.3 Å². The van der Waals surface area contributed by atoms with Crippen molar-refractivity contribution in [2.75, 3.05) is 6.54 Å². The average molecular weight is 404 g/mol. The molecule has 0 radical (unpaired) electrons. The zero-order valence-corrected chi connectivity index (χ0v) is 16.6. The summed E-state index contributed by atoms with van der Waals surface area (Å²) >= 11 is 0. The van der Waals surface area contributed by atoms with E-state index in [9.17, 15) is 9.18 Å². The van der Waals surface area contributed by atoms with Crippen LogP contribution in [0.1, 0.15) is 52.3 Å². The molecule has 1 atom stereocenters. The Morgan fingerprint density at radius 2 is 2.13 bits per heavy atom. The highest BCUT2D eigenvalue weighted by Gasteiger charge is 2.34. The third-order valence-electron chi connectivity index (χ3n) is 5.55. The number of oxazole rings is 1. The molecule has 1 aliphatic rings. The van der Waals surface area contributed by atoms with Gasteiger partial charge in [0.1, 0.15) is 29.0 Å². The molecule has 3 aromatic heterocycles. The number of hydrogen-bond donors (Lipinski definition) is 0. The van der Waals surface area contributed by atoms with Crippen LogP contribution >= 0.6 is 0 Å². The summed E-state index contributed by atoms with van der Waals surface area (Å²) in [6, 6.07) is 12.0. The van der Waals surface area contributed by atoms with Crippen molar-refractivity contribution >= 4 is 11.6 Å². The number of halogens is 1. The van der Waals surface area contributed by atoms with Gasteiger partial charge in [-0.1, -0.05) is 18.2 Å². The summed E-state index contributed by atoms with van der Waals surface area (Å²) in [6.45, 7) is 2.62. The summed E-state index contributed by atoms with van der Waals surface area (Å²) < 4.78 is 21.3. The van der Waals surface area contributed by atoms with Crippen LogP contribution in [-0.4, -0.2) is 31.7 Å². The Bertz CT molecular complexity index is 1230. The Morgan fingerprint density at radius 3 is 2.97 bits per heavy atom. The van der Waals surface area contributed by atoms with Crippen LogP contribution in [0.3, 0.4) is 0 Å². The molecule has 6 nitrogen and oxygen atoms in total. The van der Waals surface area contributed by atoms with Gasteiger partial charge < -0.3 is 13.7 Å². The van der Waals surface area contributed by atoms with E-state index in [4.69, 9.17) is 4.42 Å². The Morgan fingerprint density at radius 1 is 1.27 bits per heavy atom. The van der Waals surface area contributed by atoms with Crippen molar-refractivity contribution < 1.29 is 13.6 Å². The molecular formula is C23H21FN4O2. The van der Waals surface area contributed by atoms with E-state index in [2.05, 4.69) is 9.97 Å². The fraction of sp³-hybridized carbons (Fsp3) is 0.261. The van der Waals surface area contributed by atoms with Gasteiger partial charge in [0.15, 0.2) is 0 Å². The van der Waals surface area contributed by atoms with Gasteiger partial charge in [-0.05, 0) is 49.6 Å². The SMILES string of the molecule is Cc1cccc2nc(C(=O)N3CCC[C@@H]3c3ncc(Cc4cccc(F)c4)o3)cn12. The number of nitrogens with zero attached hydrogens (tertiary/aromatic N) is 4. The zero-order chi connectivity index (χ0) is 20.7. The van der Waals surface area contributed by atoms with Gasteiger partial charge in [-0.2, -0.15) is 0 Å². The van der Waals surface area contributed by atoms with E-state index < -0.39 is 0 Å². The summed E-state index contributed by atoms with van der Waals surface area (Å²) in [5, 5.41) is 0. The van der Waals surface area contributed by atoms with Crippen LogP contribution in [-0.2, 0) is 6.42 Å². The molecule has 1 saturated heterocycles. The van der Waals surface area contributed by atoms with Gasteiger partial charge in [0.25, 0.3) is 5.91 Å². The van der Waals surface area contributed by atoms with Gasteiger partial charge in [-0.3, -0.25) is 4.79 Å². The van der Waals surface area contributed by atoms with Crippen molar-refractivity contribution in [1.29, 1.82) is 0 Å². The highest BCUT2D eigenvalue weighted by Crippen LogP contribution is 2.33. The second-order valence-corrected chi connectivity index (χ2v) is 7.65. The molecular weight excluding hydrogens is 383 g/mol. The largest absolute Gasteiger partial charge is 0.443 e. The standard InChI is InChI=1S/C23H21FN4O2/c1-15-5-2-9-21-26-19(14-28(15)21)23(29)27-10-4-8-20(27)22-25-13-18(30-22)12-16-6-3-7-17(24)11-16/h2-3,5-7,9,11,13-14,20H,4,8,10,12H2,1H3/t20-/m1/s1. The monoisotopic (exact) mass is 404 g/mol. The molecule has 1 fully saturated rings. The van der Waals surface area contributed by atoms with E-state index in [1.807, 2.05) is 35.6 Å². The summed E-state index contributed by atoms with van der Waals surface area (Å²) in [6.07, 6.45) is 5.57. The number of aryl methyl sites for hydroxylation is 1. The number of benzene rings is 1. The number of aromatic nitrogens is 3. The van der Waals surface area contributed by atoms with Crippen LogP contribution in [0.2, 0.25) is 0 Å². The molecule has 1 aliphatic heterocycles. The molecule has 1 amide bonds. The minimum absolute atomic E-state index is 0.120. The molecule has 30 heavy (non-hydrogen) atoms. The fourth-order valence-electron chi connectivity index (χ4n) is 4.07. The molecule has 4 heterocycles. The first-order valence-electron chi connectivity index (χ1n) is 10.0. The van der Waals surface area contributed by atoms with Crippen molar-refractivity contribution in [2.45, 2.75) is 32.2 Å². The molecule has 0 saturated carbocycles. The summed E-state index contributed by atoms with van der Waals surface area (Å²) in [5.74, 6) is 0.776. The van der Waals surface area contributed by atoms with Crippen LogP contribution in [0.15, 0.2) is 59.3 Å². The second-order valence-electron chi connectivity index (χ2n) is 7.65. The molecule has 7 heteroatoms. The van der Waals surface area contributed by atoms with Crippen molar-refractivity contribution in [1.82, 2.24) is 19.3 Å². The Hall–Kier alpha value is -3.48. The Balaban J connectivity index is 1.37. The van der Waals surface area contributed by atoms with Crippen LogP contribution in [0.5, 0.6) is 0 Å². The van der Waals surface area contributed by atoms with Crippen molar-refractivity contribution in [3.8, 4) is 0 Å². The number of carbonyl (C=O) groups excluding carboxylic acids is 1. The molecule has 0 spiro atoms. The summed E-state index contributed by atoms with van der Waals surface area (Å²) in [7, 11) is 0. The zero-order valence-electron chi connectivity index (χ0n) is 16.6. The molecule has 0 unspecified atom stereocenters. The van der Waals surface area contributed by atoms with Gasteiger partial charge in [0, 0.05) is 24.9 Å². The predicted octanol–water partition coefficient (Wildman–Crippen LogP) is 4.34. The lowest BCUT2D eigenvalue weighted by Crippen LogP contribution is -2.31. The van der Waals surface area contributed by atoms with E-state index in [0.717, 1.165) is 29.7 Å². The van der Waals surface area contributed by atoms with E-state index in [0.29, 0.717) is 30.3 Å². The van der Waals surface area contributed by atoms with E-state index in [1.54, 1.807) is 23.4 Å². The summed E-state index contributed by atoms with van der Waals surface area (Å²) in [5.41, 5.74) is 3.01. The smallest absolute Gasteiger partial charge is 0.274 e. The number of carbonyl (C=O) groups is 1. The molecule has 0 aliphatic carbocycles. The van der Waals surface area contributed by atoms with Gasteiger partial charge in [-0.15, -0.1) is 0 Å². The molecule has 4 aromatic rings. The maximum atomic E-state index is 13.4. The average Bonchev–Trinajstić information content (AvgIpc) is 3.47. The lowest BCUT2D eigenvalue weighted by molar-refractivity contribution is 0.0709. The normalized spacial score (nSPS) is 16.5.